The Morgan fingerprint density at radius 1 is 1.08 bits per heavy atom. The highest BCUT2D eigenvalue weighted by Crippen LogP contribution is 2.30. The van der Waals surface area contributed by atoms with Crippen molar-refractivity contribution in [3.8, 4) is 28.9 Å². The van der Waals surface area contributed by atoms with E-state index >= 15 is 0 Å². The van der Waals surface area contributed by atoms with Gasteiger partial charge in [-0.15, -0.1) is 5.10 Å². The van der Waals surface area contributed by atoms with E-state index in [9.17, 15) is 27.2 Å². The zero-order valence-corrected chi connectivity index (χ0v) is 20.8. The van der Waals surface area contributed by atoms with E-state index in [1.54, 1.807) is 18.2 Å². The molecule has 1 saturated carbocycles. The molecule has 3 aromatic carbocycles. The van der Waals surface area contributed by atoms with Crippen LogP contribution in [0.25, 0.3) is 17.1 Å². The van der Waals surface area contributed by atoms with Gasteiger partial charge in [0.1, 0.15) is 5.82 Å². The number of H-pyrrole nitrogens is 1. The van der Waals surface area contributed by atoms with Gasteiger partial charge in [-0.2, -0.15) is 17.9 Å². The van der Waals surface area contributed by atoms with E-state index in [2.05, 4.69) is 27.2 Å². The number of nitrogens with zero attached hydrogens (tertiary/aromatic N) is 2. The van der Waals surface area contributed by atoms with Gasteiger partial charge in [0.15, 0.2) is 5.82 Å². The van der Waals surface area contributed by atoms with Gasteiger partial charge in [0.05, 0.1) is 21.8 Å². The van der Waals surface area contributed by atoms with Crippen LogP contribution in [-0.4, -0.2) is 20.7 Å². The van der Waals surface area contributed by atoms with Crippen LogP contribution in [0.4, 0.5) is 17.6 Å². The number of carbonyl (C=O) groups excluding carboxylic acids is 1. The van der Waals surface area contributed by atoms with Crippen molar-refractivity contribution < 1.29 is 22.4 Å². The van der Waals surface area contributed by atoms with E-state index in [4.69, 9.17) is 11.6 Å². The molecule has 1 aliphatic rings. The van der Waals surface area contributed by atoms with E-state index in [1.807, 2.05) is 0 Å². The number of halogens is 5. The lowest BCUT2D eigenvalue weighted by Crippen LogP contribution is -2.24. The summed E-state index contributed by atoms with van der Waals surface area (Å²) < 4.78 is 54.7. The largest absolute Gasteiger partial charge is 0.416 e. The Morgan fingerprint density at radius 2 is 1.82 bits per heavy atom. The Bertz CT molecular complexity index is 1690. The quantitative estimate of drug-likeness (QED) is 0.254. The smallest absolute Gasteiger partial charge is 0.352 e. The van der Waals surface area contributed by atoms with Gasteiger partial charge in [-0.3, -0.25) is 9.78 Å². The highest BCUT2D eigenvalue weighted by Gasteiger charge is 2.30. The van der Waals surface area contributed by atoms with Crippen molar-refractivity contribution in [3.05, 3.63) is 104 Å². The van der Waals surface area contributed by atoms with Gasteiger partial charge in [0.2, 0.25) is 5.91 Å². The first kappa shape index (κ1) is 26.3. The van der Waals surface area contributed by atoms with Crippen LogP contribution in [0.3, 0.4) is 0 Å². The molecule has 198 valence electrons. The fourth-order valence-electron chi connectivity index (χ4n) is 3.82. The number of aromatic nitrogens is 3. The number of amides is 1. The molecule has 0 aliphatic heterocycles. The van der Waals surface area contributed by atoms with E-state index in [1.165, 1.54) is 24.3 Å². The number of alkyl halides is 3. The van der Waals surface area contributed by atoms with Gasteiger partial charge < -0.3 is 5.32 Å². The minimum Gasteiger partial charge on any atom is -0.352 e. The molecule has 1 amide bonds. The molecule has 1 heterocycles. The number of hydrogen-bond donors (Lipinski definition) is 2. The molecule has 2 N–H and O–H groups in total. The maximum atomic E-state index is 15.0. The summed E-state index contributed by atoms with van der Waals surface area (Å²) in [4.78, 5) is 27.1. The molecule has 1 aromatic heterocycles. The fourth-order valence-corrected chi connectivity index (χ4v) is 4.02. The second kappa shape index (κ2) is 10.4. The Labute approximate surface area is 224 Å². The number of carbonyl (C=O) groups is 1. The molecule has 0 spiro atoms. The molecule has 4 aromatic rings. The molecule has 1 fully saturated rings. The SMILES string of the molecule is O=C(NCc1ccc(Cl)c(-n2nc(-c3ccc(C#Cc4cccc(C(F)(F)F)c4)cc3F)[nH]c2=O)c1)C1CC1. The third kappa shape index (κ3) is 6.04. The molecule has 1 aliphatic carbocycles. The number of hydrogen-bond acceptors (Lipinski definition) is 3. The summed E-state index contributed by atoms with van der Waals surface area (Å²) >= 11 is 6.30. The second-order valence-corrected chi connectivity index (χ2v) is 9.40. The first-order valence-electron chi connectivity index (χ1n) is 11.8. The minimum absolute atomic E-state index is 0.0144. The number of nitrogens with one attached hydrogen (secondary N) is 2. The van der Waals surface area contributed by atoms with Gasteiger partial charge in [-0.25, -0.2) is 9.18 Å². The summed E-state index contributed by atoms with van der Waals surface area (Å²) in [7, 11) is 0. The molecule has 5 rings (SSSR count). The van der Waals surface area contributed by atoms with Gasteiger partial charge in [0, 0.05) is 23.6 Å². The predicted octanol–water partition coefficient (Wildman–Crippen LogP) is 5.46. The zero-order valence-electron chi connectivity index (χ0n) is 20.1. The third-order valence-electron chi connectivity index (χ3n) is 6.04. The van der Waals surface area contributed by atoms with Crippen LogP contribution in [0.2, 0.25) is 5.02 Å². The lowest BCUT2D eigenvalue weighted by atomic mass is 10.1. The van der Waals surface area contributed by atoms with E-state index in [-0.39, 0.29) is 51.6 Å². The van der Waals surface area contributed by atoms with Gasteiger partial charge >= 0.3 is 11.9 Å². The van der Waals surface area contributed by atoms with Crippen molar-refractivity contribution >= 4 is 17.5 Å². The Morgan fingerprint density at radius 3 is 2.51 bits per heavy atom. The van der Waals surface area contributed by atoms with Crippen molar-refractivity contribution in [3.63, 3.8) is 0 Å². The van der Waals surface area contributed by atoms with Crippen LogP contribution in [0.5, 0.6) is 0 Å². The number of benzene rings is 3. The Balaban J connectivity index is 1.38. The van der Waals surface area contributed by atoms with Crippen LogP contribution >= 0.6 is 11.6 Å². The van der Waals surface area contributed by atoms with E-state index in [0.29, 0.717) is 5.56 Å². The van der Waals surface area contributed by atoms with Gasteiger partial charge in [-0.05, 0) is 66.9 Å². The zero-order chi connectivity index (χ0) is 27.7. The fraction of sp³-hybridized carbons (Fsp3) is 0.179. The summed E-state index contributed by atoms with van der Waals surface area (Å²) in [5, 5.41) is 7.27. The van der Waals surface area contributed by atoms with Crippen LogP contribution < -0.4 is 11.0 Å². The first-order valence-corrected chi connectivity index (χ1v) is 12.2. The minimum atomic E-state index is -4.50. The lowest BCUT2D eigenvalue weighted by molar-refractivity contribution is -0.137. The maximum absolute atomic E-state index is 15.0. The molecule has 0 unspecified atom stereocenters. The van der Waals surface area contributed by atoms with Crippen LogP contribution in [0.1, 0.15) is 35.1 Å². The molecular weight excluding hydrogens is 536 g/mol. The average molecular weight is 555 g/mol. The van der Waals surface area contributed by atoms with E-state index in [0.717, 1.165) is 35.7 Å². The predicted molar refractivity (Wildman–Crippen MR) is 137 cm³/mol. The van der Waals surface area contributed by atoms with Crippen LogP contribution in [0.15, 0.2) is 65.5 Å². The van der Waals surface area contributed by atoms with Crippen molar-refractivity contribution in [2.24, 2.45) is 5.92 Å². The standard InChI is InChI=1S/C28H19ClF4N4O2/c29-22-11-7-18(15-34-26(38)19-8-9-19)14-24(22)37-27(39)35-25(36-37)21-10-6-17(13-23(21)30)5-4-16-2-1-3-20(12-16)28(31,32)33/h1-3,6-7,10-14,19H,8-9,15H2,(H,34,38)(H,35,36,39). The van der Waals surface area contributed by atoms with Crippen LogP contribution in [0, 0.1) is 23.6 Å². The Hall–Kier alpha value is -4.36. The normalized spacial score (nSPS) is 13.1. The molecular formula is C28H19ClF4N4O2. The van der Waals surface area contributed by atoms with E-state index < -0.39 is 23.2 Å². The lowest BCUT2D eigenvalue weighted by Gasteiger charge is -2.08. The first-order chi connectivity index (χ1) is 18.6. The van der Waals surface area contributed by atoms with Gasteiger partial charge in [0.25, 0.3) is 0 Å². The highest BCUT2D eigenvalue weighted by molar-refractivity contribution is 6.32. The van der Waals surface area contributed by atoms with Crippen molar-refractivity contribution in [2.45, 2.75) is 25.6 Å². The summed E-state index contributed by atoms with van der Waals surface area (Å²) in [6.45, 7) is 0.253. The molecule has 0 atom stereocenters. The average Bonchev–Trinajstić information content (AvgIpc) is 3.69. The maximum Gasteiger partial charge on any atom is 0.416 e. The number of rotatable bonds is 5. The molecule has 6 nitrogen and oxygen atoms in total. The van der Waals surface area contributed by atoms with Crippen molar-refractivity contribution in [2.75, 3.05) is 0 Å². The van der Waals surface area contributed by atoms with Crippen molar-refractivity contribution in [1.82, 2.24) is 20.1 Å². The molecule has 39 heavy (non-hydrogen) atoms. The van der Waals surface area contributed by atoms with Gasteiger partial charge in [-0.1, -0.05) is 35.6 Å². The topological polar surface area (TPSA) is 79.8 Å². The number of aromatic amines is 1. The Kier molecular flexibility index (Phi) is 7.02. The van der Waals surface area contributed by atoms with Crippen LogP contribution in [-0.2, 0) is 17.5 Å². The summed E-state index contributed by atoms with van der Waals surface area (Å²) in [5.41, 5.74) is -0.189. The molecule has 11 heteroatoms. The molecule has 0 radical (unpaired) electrons. The summed E-state index contributed by atoms with van der Waals surface area (Å²) in [6, 6.07) is 13.4. The second-order valence-electron chi connectivity index (χ2n) is 8.99. The van der Waals surface area contributed by atoms with Crippen molar-refractivity contribution in [1.29, 1.82) is 0 Å². The molecule has 0 bridgehead atoms. The monoisotopic (exact) mass is 554 g/mol. The summed E-state index contributed by atoms with van der Waals surface area (Å²) in [5.74, 6) is 4.48. The highest BCUT2D eigenvalue weighted by atomic mass is 35.5. The third-order valence-corrected chi connectivity index (χ3v) is 6.36. The molecule has 0 saturated heterocycles. The summed E-state index contributed by atoms with van der Waals surface area (Å²) in [6.07, 6.45) is -2.74.